The second-order valence-electron chi connectivity index (χ2n) is 5.44. The van der Waals surface area contributed by atoms with Crippen molar-refractivity contribution < 1.29 is 9.59 Å². The molecule has 6 nitrogen and oxygen atoms in total. The van der Waals surface area contributed by atoms with E-state index in [1.807, 2.05) is 20.8 Å². The van der Waals surface area contributed by atoms with Gasteiger partial charge in [0.2, 0.25) is 5.91 Å². The fourth-order valence-electron chi connectivity index (χ4n) is 2.65. The first-order valence-electron chi connectivity index (χ1n) is 7.61. The van der Waals surface area contributed by atoms with Crippen LogP contribution in [0.15, 0.2) is 0 Å². The van der Waals surface area contributed by atoms with Crippen LogP contribution < -0.4 is 21.3 Å². The fraction of sp³-hybridized carbons (Fsp3) is 0.857. The quantitative estimate of drug-likeness (QED) is 0.568. The number of urea groups is 1. The minimum Gasteiger partial charge on any atom is -0.353 e. The Bertz CT molecular complexity index is 333. The van der Waals surface area contributed by atoms with Crippen LogP contribution in [0.3, 0.4) is 0 Å². The Hall–Kier alpha value is -1.01. The molecule has 0 aliphatic heterocycles. The summed E-state index contributed by atoms with van der Waals surface area (Å²) in [6.45, 7) is 7.93. The third kappa shape index (κ3) is 6.09. The number of carbonyl (C=O) groups is 2. The molecule has 0 aromatic rings. The topological polar surface area (TPSA) is 82.3 Å². The Morgan fingerprint density at radius 1 is 1.10 bits per heavy atom. The predicted molar refractivity (Wildman–Crippen MR) is 86.8 cm³/mol. The Labute approximate surface area is 133 Å². The average molecular weight is 321 g/mol. The third-order valence-electron chi connectivity index (χ3n) is 3.70. The molecule has 1 aliphatic carbocycles. The monoisotopic (exact) mass is 320 g/mol. The number of amides is 3. The molecule has 1 atom stereocenters. The fourth-order valence-corrected chi connectivity index (χ4v) is 2.65. The van der Waals surface area contributed by atoms with E-state index in [1.165, 1.54) is 0 Å². The molecule has 1 aliphatic rings. The maximum Gasteiger partial charge on any atom is 0.315 e. The number of hydrogen-bond acceptors (Lipinski definition) is 3. The van der Waals surface area contributed by atoms with Crippen molar-refractivity contribution in [3.63, 3.8) is 0 Å². The number of halogens is 1. The zero-order chi connectivity index (χ0) is 15.0. The van der Waals surface area contributed by atoms with Gasteiger partial charge < -0.3 is 21.3 Å². The zero-order valence-corrected chi connectivity index (χ0v) is 14.1. The molecule has 0 radical (unpaired) electrons. The van der Waals surface area contributed by atoms with Crippen LogP contribution in [0.1, 0.15) is 46.5 Å². The lowest BCUT2D eigenvalue weighted by Gasteiger charge is -2.29. The summed E-state index contributed by atoms with van der Waals surface area (Å²) in [5, 5.41) is 11.8. The summed E-state index contributed by atoms with van der Waals surface area (Å²) in [5.41, 5.74) is -0.731. The molecule has 4 N–H and O–H groups in total. The van der Waals surface area contributed by atoms with Gasteiger partial charge >= 0.3 is 6.03 Å². The lowest BCUT2D eigenvalue weighted by atomic mass is 9.96. The minimum atomic E-state index is -0.731. The smallest absolute Gasteiger partial charge is 0.315 e. The first-order valence-corrected chi connectivity index (χ1v) is 7.61. The van der Waals surface area contributed by atoms with Crippen LogP contribution in [0.4, 0.5) is 4.79 Å². The molecule has 0 spiro atoms. The Morgan fingerprint density at radius 3 is 2.24 bits per heavy atom. The lowest BCUT2D eigenvalue weighted by Crippen LogP contribution is -2.60. The van der Waals surface area contributed by atoms with Gasteiger partial charge in [-0.05, 0) is 33.2 Å². The van der Waals surface area contributed by atoms with Crippen LogP contribution in [-0.4, -0.2) is 43.2 Å². The molecule has 1 saturated carbocycles. The number of likely N-dealkylation sites (N-methyl/N-ethyl adjacent to an activating group) is 1. The molecule has 0 heterocycles. The van der Waals surface area contributed by atoms with E-state index in [4.69, 9.17) is 0 Å². The van der Waals surface area contributed by atoms with E-state index in [0.717, 1.165) is 19.4 Å². The summed E-state index contributed by atoms with van der Waals surface area (Å²) in [7, 11) is 0. The van der Waals surface area contributed by atoms with Gasteiger partial charge in [-0.15, -0.1) is 12.4 Å². The van der Waals surface area contributed by atoms with Crippen LogP contribution in [0.25, 0.3) is 0 Å². The number of hydrogen-bond donors (Lipinski definition) is 4. The summed E-state index contributed by atoms with van der Waals surface area (Å²) in [6.07, 6.45) is 3.38. The molecule has 3 amide bonds. The van der Waals surface area contributed by atoms with E-state index >= 15 is 0 Å². The Balaban J connectivity index is 0.00000400. The Kier molecular flexibility index (Phi) is 9.37. The highest BCUT2D eigenvalue weighted by atomic mass is 35.5. The van der Waals surface area contributed by atoms with Crippen molar-refractivity contribution in [2.75, 3.05) is 19.6 Å². The molecule has 0 aromatic carbocycles. The molecule has 7 heteroatoms. The molecule has 0 unspecified atom stereocenters. The normalized spacial score (nSPS) is 17.5. The molecule has 1 rings (SSSR count). The maximum atomic E-state index is 12.4. The van der Waals surface area contributed by atoms with E-state index in [2.05, 4.69) is 21.3 Å². The molecular weight excluding hydrogens is 292 g/mol. The molecule has 1 fully saturated rings. The van der Waals surface area contributed by atoms with Crippen molar-refractivity contribution in [2.24, 2.45) is 0 Å². The molecular formula is C14H29ClN4O2. The number of nitrogens with one attached hydrogen (secondary N) is 4. The number of carbonyl (C=O) groups excluding carboxylic acids is 2. The van der Waals surface area contributed by atoms with Crippen LogP contribution in [0.5, 0.6) is 0 Å². The third-order valence-corrected chi connectivity index (χ3v) is 3.70. The van der Waals surface area contributed by atoms with Gasteiger partial charge in [0.25, 0.3) is 0 Å². The van der Waals surface area contributed by atoms with Gasteiger partial charge in [0.05, 0.1) is 0 Å². The standard InChI is InChI=1S/C14H28N4O2.ClH/c1-4-15-11(3)10-17-12(19)14(8-6-7-9-14)18-13(20)16-5-2;/h11,15H,4-10H2,1-3H3,(H,17,19)(H2,16,18,20);1H/t11-;/m1./s1. The van der Waals surface area contributed by atoms with E-state index < -0.39 is 5.54 Å². The number of rotatable bonds is 7. The Morgan fingerprint density at radius 2 is 1.71 bits per heavy atom. The largest absolute Gasteiger partial charge is 0.353 e. The van der Waals surface area contributed by atoms with Gasteiger partial charge in [0.15, 0.2) is 0 Å². The van der Waals surface area contributed by atoms with E-state index in [1.54, 1.807) is 0 Å². The first kappa shape index (κ1) is 20.0. The molecule has 0 bridgehead atoms. The summed E-state index contributed by atoms with van der Waals surface area (Å²) in [5.74, 6) is -0.0639. The molecule has 0 saturated heterocycles. The van der Waals surface area contributed by atoms with E-state index in [9.17, 15) is 9.59 Å². The van der Waals surface area contributed by atoms with Crippen molar-refractivity contribution in [3.05, 3.63) is 0 Å². The highest BCUT2D eigenvalue weighted by Crippen LogP contribution is 2.29. The van der Waals surface area contributed by atoms with Crippen LogP contribution >= 0.6 is 12.4 Å². The maximum absolute atomic E-state index is 12.4. The molecule has 21 heavy (non-hydrogen) atoms. The second kappa shape index (κ2) is 9.84. The summed E-state index contributed by atoms with van der Waals surface area (Å²) in [4.78, 5) is 24.2. The van der Waals surface area contributed by atoms with Crippen molar-refractivity contribution in [2.45, 2.75) is 58.0 Å². The zero-order valence-electron chi connectivity index (χ0n) is 13.3. The van der Waals surface area contributed by atoms with Crippen molar-refractivity contribution in [1.82, 2.24) is 21.3 Å². The van der Waals surface area contributed by atoms with Crippen molar-refractivity contribution in [1.29, 1.82) is 0 Å². The van der Waals surface area contributed by atoms with E-state index in [0.29, 0.717) is 25.9 Å². The van der Waals surface area contributed by atoms with Crippen molar-refractivity contribution in [3.8, 4) is 0 Å². The molecule has 124 valence electrons. The van der Waals surface area contributed by atoms with Crippen LogP contribution in [-0.2, 0) is 4.79 Å². The van der Waals surface area contributed by atoms with E-state index in [-0.39, 0.29) is 30.4 Å². The highest BCUT2D eigenvalue weighted by molar-refractivity contribution is 5.91. The van der Waals surface area contributed by atoms with Gasteiger partial charge in [-0.25, -0.2) is 4.79 Å². The SMILES string of the molecule is CCNC(=O)NC1(C(=O)NC[C@@H](C)NCC)CCCC1.Cl. The highest BCUT2D eigenvalue weighted by Gasteiger charge is 2.42. The lowest BCUT2D eigenvalue weighted by molar-refractivity contribution is -0.127. The van der Waals surface area contributed by atoms with Gasteiger partial charge in [-0.1, -0.05) is 19.8 Å². The predicted octanol–water partition coefficient (Wildman–Crippen LogP) is 1.15. The minimum absolute atomic E-state index is 0. The van der Waals surface area contributed by atoms with Crippen LogP contribution in [0, 0.1) is 0 Å². The van der Waals surface area contributed by atoms with Gasteiger partial charge in [0.1, 0.15) is 5.54 Å². The van der Waals surface area contributed by atoms with Crippen LogP contribution in [0.2, 0.25) is 0 Å². The van der Waals surface area contributed by atoms with Gasteiger partial charge in [-0.2, -0.15) is 0 Å². The molecule has 0 aromatic heterocycles. The summed E-state index contributed by atoms with van der Waals surface area (Å²) in [6, 6.07) is -0.0313. The summed E-state index contributed by atoms with van der Waals surface area (Å²) < 4.78 is 0. The average Bonchev–Trinajstić information content (AvgIpc) is 2.86. The van der Waals surface area contributed by atoms with Gasteiger partial charge in [0, 0.05) is 19.1 Å². The van der Waals surface area contributed by atoms with Gasteiger partial charge in [-0.3, -0.25) is 4.79 Å². The summed E-state index contributed by atoms with van der Waals surface area (Å²) >= 11 is 0. The second-order valence-corrected chi connectivity index (χ2v) is 5.44. The van der Waals surface area contributed by atoms with Crippen molar-refractivity contribution >= 4 is 24.3 Å². The first-order chi connectivity index (χ1) is 9.54.